The highest BCUT2D eigenvalue weighted by atomic mass is 32.2. The molecule has 2 atom stereocenters. The van der Waals surface area contributed by atoms with Crippen LogP contribution in [0.2, 0.25) is 0 Å². The second-order valence-corrected chi connectivity index (χ2v) is 10.7. The third kappa shape index (κ3) is 7.99. The molecular formula is C21H29O7PS. The summed E-state index contributed by atoms with van der Waals surface area (Å²) in [6.45, 7) is 5.17. The number of ketones is 2. The quantitative estimate of drug-likeness (QED) is 0.340. The predicted molar refractivity (Wildman–Crippen MR) is 116 cm³/mol. The molecule has 0 aliphatic carbocycles. The zero-order chi connectivity index (χ0) is 22.2. The van der Waals surface area contributed by atoms with Crippen molar-refractivity contribution in [2.75, 3.05) is 12.4 Å². The lowest BCUT2D eigenvalue weighted by atomic mass is 9.84. The van der Waals surface area contributed by atoms with Crippen molar-refractivity contribution >= 4 is 36.3 Å². The van der Waals surface area contributed by atoms with Crippen LogP contribution in [0.1, 0.15) is 52.9 Å². The summed E-state index contributed by atoms with van der Waals surface area (Å²) in [6.07, 6.45) is 0.938. The maximum atomic E-state index is 12.9. The highest BCUT2D eigenvalue weighted by molar-refractivity contribution is 8.13. The lowest BCUT2D eigenvalue weighted by Gasteiger charge is -2.39. The Morgan fingerprint density at radius 1 is 1.13 bits per heavy atom. The molecule has 1 aliphatic rings. The van der Waals surface area contributed by atoms with Gasteiger partial charge in [0.1, 0.15) is 17.6 Å². The molecule has 0 amide bonds. The zero-order valence-electron chi connectivity index (χ0n) is 17.6. The summed E-state index contributed by atoms with van der Waals surface area (Å²) in [7, 11) is -3.92. The molecule has 0 saturated carbocycles. The molecule has 7 nitrogen and oxygen atoms in total. The first kappa shape index (κ1) is 24.8. The van der Waals surface area contributed by atoms with Crippen LogP contribution < -0.4 is 4.52 Å². The average molecular weight is 456 g/mol. The summed E-state index contributed by atoms with van der Waals surface area (Å²) < 4.78 is 29.2. The fourth-order valence-corrected chi connectivity index (χ4v) is 5.24. The van der Waals surface area contributed by atoms with E-state index in [4.69, 9.17) is 13.6 Å². The molecule has 1 heterocycles. The van der Waals surface area contributed by atoms with E-state index in [2.05, 4.69) is 0 Å². The van der Waals surface area contributed by atoms with Crippen molar-refractivity contribution in [2.45, 2.75) is 59.0 Å². The van der Waals surface area contributed by atoms with Gasteiger partial charge in [-0.15, -0.1) is 0 Å². The zero-order valence-corrected chi connectivity index (χ0v) is 19.3. The van der Waals surface area contributed by atoms with E-state index in [0.717, 1.165) is 0 Å². The first-order valence-corrected chi connectivity index (χ1v) is 12.4. The Hall–Kier alpha value is -1.47. The second kappa shape index (κ2) is 11.2. The maximum Gasteiger partial charge on any atom is 0.530 e. The molecule has 0 bridgehead atoms. The van der Waals surface area contributed by atoms with E-state index in [-0.39, 0.29) is 36.1 Å². The van der Waals surface area contributed by atoms with E-state index in [0.29, 0.717) is 30.8 Å². The largest absolute Gasteiger partial charge is 0.530 e. The summed E-state index contributed by atoms with van der Waals surface area (Å²) in [6, 6.07) is 8.51. The van der Waals surface area contributed by atoms with Gasteiger partial charge in [0.2, 0.25) is 0 Å². The van der Waals surface area contributed by atoms with Crippen LogP contribution in [0, 0.1) is 5.41 Å². The lowest BCUT2D eigenvalue weighted by Crippen LogP contribution is -2.45. The molecular weight excluding hydrogens is 427 g/mol. The van der Waals surface area contributed by atoms with E-state index in [1.165, 1.54) is 18.7 Å². The van der Waals surface area contributed by atoms with Crippen LogP contribution in [0.3, 0.4) is 0 Å². The number of hydrogen-bond donors (Lipinski definition) is 0. The van der Waals surface area contributed by atoms with Gasteiger partial charge in [0.15, 0.2) is 10.9 Å². The molecule has 30 heavy (non-hydrogen) atoms. The van der Waals surface area contributed by atoms with Crippen LogP contribution in [0.25, 0.3) is 0 Å². The van der Waals surface area contributed by atoms with E-state index < -0.39 is 19.3 Å². The summed E-state index contributed by atoms with van der Waals surface area (Å²) in [5, 5.41) is 0.0423. The topological polar surface area (TPSA) is 96.0 Å². The molecule has 1 aromatic carbocycles. The SMILES string of the molecule is CC(=O)SCCCC(=O)CCCC(=O)[C@@H]1O[P@@](=O)(Oc2ccccc2)OCC1(C)C. The van der Waals surface area contributed by atoms with Crippen molar-refractivity contribution in [3.8, 4) is 5.75 Å². The van der Waals surface area contributed by atoms with Gasteiger partial charge < -0.3 is 4.52 Å². The van der Waals surface area contributed by atoms with Crippen molar-refractivity contribution in [3.05, 3.63) is 30.3 Å². The van der Waals surface area contributed by atoms with Gasteiger partial charge in [0.25, 0.3) is 0 Å². The number of carbonyl (C=O) groups is 3. The number of Topliss-reactive ketones (excluding diaryl/α,β-unsaturated/α-hetero) is 2. The number of hydrogen-bond acceptors (Lipinski definition) is 8. The normalized spacial score (nSPS) is 23.0. The van der Waals surface area contributed by atoms with Crippen molar-refractivity contribution < 1.29 is 32.5 Å². The summed E-state index contributed by atoms with van der Waals surface area (Å²) in [5.41, 5.74) is -0.668. The monoisotopic (exact) mass is 456 g/mol. The number of phosphoric ester groups is 1. The van der Waals surface area contributed by atoms with Crippen LogP contribution in [-0.2, 0) is 28.0 Å². The maximum absolute atomic E-state index is 12.9. The molecule has 0 radical (unpaired) electrons. The van der Waals surface area contributed by atoms with Crippen molar-refractivity contribution in [1.82, 2.24) is 0 Å². The minimum absolute atomic E-state index is 0.0423. The van der Waals surface area contributed by atoms with Crippen molar-refractivity contribution in [1.29, 1.82) is 0 Å². The van der Waals surface area contributed by atoms with Crippen LogP contribution in [0.5, 0.6) is 5.75 Å². The molecule has 1 aromatic rings. The highest BCUT2D eigenvalue weighted by Gasteiger charge is 2.49. The van der Waals surface area contributed by atoms with E-state index in [1.807, 2.05) is 0 Å². The first-order valence-electron chi connectivity index (χ1n) is 9.97. The Morgan fingerprint density at radius 3 is 2.47 bits per heavy atom. The van der Waals surface area contributed by atoms with Crippen LogP contribution in [-0.4, -0.2) is 35.1 Å². The number of thioether (sulfide) groups is 1. The summed E-state index contributed by atoms with van der Waals surface area (Å²) in [4.78, 5) is 35.6. The Balaban J connectivity index is 1.84. The van der Waals surface area contributed by atoms with E-state index in [9.17, 15) is 18.9 Å². The fourth-order valence-electron chi connectivity index (χ4n) is 2.98. The van der Waals surface area contributed by atoms with Crippen LogP contribution >= 0.6 is 19.6 Å². The molecule has 2 rings (SSSR count). The van der Waals surface area contributed by atoms with Gasteiger partial charge in [0, 0.05) is 37.4 Å². The molecule has 166 valence electrons. The fraction of sp³-hybridized carbons (Fsp3) is 0.571. The standard InChI is InChI=1S/C21H29O7PS/c1-16(22)30-14-8-10-17(23)9-7-13-19(24)20-21(2,3)15-26-29(25,28-20)27-18-11-5-4-6-12-18/h4-6,11-12,20H,7-10,13-15H2,1-3H3/t20-,29+/m0/s1. The molecule has 0 aromatic heterocycles. The Morgan fingerprint density at radius 2 is 1.80 bits per heavy atom. The van der Waals surface area contributed by atoms with Crippen molar-refractivity contribution in [2.24, 2.45) is 5.41 Å². The van der Waals surface area contributed by atoms with Gasteiger partial charge in [-0.05, 0) is 25.0 Å². The predicted octanol–water partition coefficient (Wildman–Crippen LogP) is 4.98. The molecule has 1 saturated heterocycles. The highest BCUT2D eigenvalue weighted by Crippen LogP contribution is 2.57. The van der Waals surface area contributed by atoms with Gasteiger partial charge in [-0.1, -0.05) is 43.8 Å². The Kier molecular flexibility index (Phi) is 9.29. The number of benzene rings is 1. The number of phosphoric acid groups is 1. The Bertz CT molecular complexity index is 794. The number of rotatable bonds is 11. The number of para-hydroxylation sites is 1. The van der Waals surface area contributed by atoms with Gasteiger partial charge >= 0.3 is 7.82 Å². The lowest BCUT2D eigenvalue weighted by molar-refractivity contribution is -0.138. The third-order valence-electron chi connectivity index (χ3n) is 4.58. The Labute approximate surface area is 181 Å². The second-order valence-electron chi connectivity index (χ2n) is 7.90. The van der Waals surface area contributed by atoms with Crippen LogP contribution in [0.15, 0.2) is 30.3 Å². The third-order valence-corrected chi connectivity index (χ3v) is 6.82. The molecule has 0 spiro atoms. The van der Waals surface area contributed by atoms with Gasteiger partial charge in [-0.2, -0.15) is 0 Å². The van der Waals surface area contributed by atoms with Gasteiger partial charge in [0.05, 0.1) is 6.61 Å². The van der Waals surface area contributed by atoms with Gasteiger partial charge in [-0.3, -0.25) is 23.4 Å². The van der Waals surface area contributed by atoms with E-state index >= 15 is 0 Å². The van der Waals surface area contributed by atoms with Gasteiger partial charge in [-0.25, -0.2) is 4.57 Å². The first-order chi connectivity index (χ1) is 14.1. The van der Waals surface area contributed by atoms with E-state index in [1.54, 1.807) is 44.2 Å². The van der Waals surface area contributed by atoms with Crippen LogP contribution in [0.4, 0.5) is 0 Å². The molecule has 0 N–H and O–H groups in total. The summed E-state index contributed by atoms with van der Waals surface area (Å²) in [5.74, 6) is 0.804. The minimum Gasteiger partial charge on any atom is -0.404 e. The summed E-state index contributed by atoms with van der Waals surface area (Å²) >= 11 is 1.21. The smallest absolute Gasteiger partial charge is 0.404 e. The molecule has 1 aliphatic heterocycles. The molecule has 0 unspecified atom stereocenters. The number of carbonyl (C=O) groups excluding carboxylic acids is 3. The average Bonchev–Trinajstić information content (AvgIpc) is 2.68. The molecule has 1 fully saturated rings. The minimum atomic E-state index is -3.92. The van der Waals surface area contributed by atoms with Crippen molar-refractivity contribution in [3.63, 3.8) is 0 Å². The molecule has 9 heteroatoms.